The van der Waals surface area contributed by atoms with Crippen molar-refractivity contribution >= 4 is 12.4 Å². The second kappa shape index (κ2) is 6.19. The number of nitrogens with zero attached hydrogens (tertiary/aromatic N) is 1. The Morgan fingerprint density at radius 1 is 1.28 bits per heavy atom. The van der Waals surface area contributed by atoms with E-state index in [-0.39, 0.29) is 18.6 Å². The number of aldehydes is 1. The van der Waals surface area contributed by atoms with Crippen LogP contribution in [-0.4, -0.2) is 37.0 Å². The molecule has 0 aliphatic carbocycles. The normalized spacial score (nSPS) is 16.3. The van der Waals surface area contributed by atoms with Crippen molar-refractivity contribution in [2.75, 3.05) is 19.7 Å². The Morgan fingerprint density at radius 3 is 2.56 bits per heavy atom. The first-order chi connectivity index (χ1) is 8.81. The van der Waals surface area contributed by atoms with Crippen LogP contribution in [0.25, 0.3) is 0 Å². The first-order valence-electron chi connectivity index (χ1n) is 6.23. The number of carbonyl (C=O) groups excluding carboxylic acids is 2. The maximum Gasteiger partial charge on any atom is 0.409 e. The molecule has 0 aromatic heterocycles. The van der Waals surface area contributed by atoms with Crippen molar-refractivity contribution in [1.29, 1.82) is 0 Å². The summed E-state index contributed by atoms with van der Waals surface area (Å²) in [6.45, 7) is 1.63. The summed E-state index contributed by atoms with van der Waals surface area (Å²) in [5.41, 5.74) is 0.877. The van der Waals surface area contributed by atoms with Gasteiger partial charge in [-0.2, -0.15) is 0 Å². The van der Waals surface area contributed by atoms with E-state index in [1.807, 2.05) is 30.3 Å². The van der Waals surface area contributed by atoms with Crippen molar-refractivity contribution in [1.82, 2.24) is 4.90 Å². The number of hydrogen-bond donors (Lipinski definition) is 0. The Kier molecular flexibility index (Phi) is 4.34. The van der Waals surface area contributed by atoms with Crippen LogP contribution >= 0.6 is 0 Å². The molecule has 4 nitrogen and oxygen atoms in total. The van der Waals surface area contributed by atoms with Crippen molar-refractivity contribution in [3.05, 3.63) is 35.9 Å². The first-order valence-corrected chi connectivity index (χ1v) is 6.23. The molecule has 0 bridgehead atoms. The molecule has 4 heteroatoms. The van der Waals surface area contributed by atoms with Crippen LogP contribution in [-0.2, 0) is 9.53 Å². The molecule has 0 N–H and O–H groups in total. The van der Waals surface area contributed by atoms with Gasteiger partial charge in [0.15, 0.2) is 0 Å². The van der Waals surface area contributed by atoms with E-state index in [0.717, 1.165) is 37.8 Å². The molecule has 96 valence electrons. The second-order valence-electron chi connectivity index (χ2n) is 4.42. The molecular formula is C14H17NO3. The summed E-state index contributed by atoms with van der Waals surface area (Å²) in [6, 6.07) is 9.36. The lowest BCUT2D eigenvalue weighted by molar-refractivity contribution is -0.109. The SMILES string of the molecule is O=CC(COC(=O)N1CCCC1)c1ccccc1. The van der Waals surface area contributed by atoms with E-state index in [0.29, 0.717) is 0 Å². The van der Waals surface area contributed by atoms with Crippen molar-refractivity contribution in [2.24, 2.45) is 0 Å². The molecule has 1 unspecified atom stereocenters. The molecule has 1 amide bonds. The van der Waals surface area contributed by atoms with E-state index in [2.05, 4.69) is 0 Å². The molecule has 1 heterocycles. The van der Waals surface area contributed by atoms with Gasteiger partial charge < -0.3 is 14.4 Å². The predicted molar refractivity (Wildman–Crippen MR) is 67.4 cm³/mol. The highest BCUT2D eigenvalue weighted by molar-refractivity contribution is 5.69. The van der Waals surface area contributed by atoms with Gasteiger partial charge in [-0.05, 0) is 18.4 Å². The van der Waals surface area contributed by atoms with E-state index in [4.69, 9.17) is 4.74 Å². The average Bonchev–Trinajstić information content (AvgIpc) is 2.94. The molecule has 2 rings (SSSR count). The van der Waals surface area contributed by atoms with Gasteiger partial charge in [0.05, 0.1) is 5.92 Å². The summed E-state index contributed by atoms with van der Waals surface area (Å²) >= 11 is 0. The number of hydrogen-bond acceptors (Lipinski definition) is 3. The van der Waals surface area contributed by atoms with E-state index in [1.54, 1.807) is 4.90 Å². The Hall–Kier alpha value is -1.84. The summed E-state index contributed by atoms with van der Waals surface area (Å²) in [4.78, 5) is 24.4. The molecule has 0 spiro atoms. The second-order valence-corrected chi connectivity index (χ2v) is 4.42. The van der Waals surface area contributed by atoms with Crippen molar-refractivity contribution in [3.8, 4) is 0 Å². The molecule has 1 aromatic carbocycles. The molecular weight excluding hydrogens is 230 g/mol. The van der Waals surface area contributed by atoms with Crippen LogP contribution in [0.5, 0.6) is 0 Å². The van der Waals surface area contributed by atoms with Crippen LogP contribution in [0.15, 0.2) is 30.3 Å². The third-order valence-electron chi connectivity index (χ3n) is 3.14. The monoisotopic (exact) mass is 247 g/mol. The minimum atomic E-state index is -0.377. The predicted octanol–water partition coefficient (Wildman–Crippen LogP) is 2.20. The molecule has 1 aliphatic rings. The fourth-order valence-corrected chi connectivity index (χ4v) is 2.07. The lowest BCUT2D eigenvalue weighted by Crippen LogP contribution is -2.29. The minimum absolute atomic E-state index is 0.114. The van der Waals surface area contributed by atoms with Gasteiger partial charge in [0.2, 0.25) is 0 Å². The highest BCUT2D eigenvalue weighted by Gasteiger charge is 2.20. The summed E-state index contributed by atoms with van der Waals surface area (Å²) in [7, 11) is 0. The highest BCUT2D eigenvalue weighted by atomic mass is 16.6. The van der Waals surface area contributed by atoms with E-state index in [9.17, 15) is 9.59 Å². The van der Waals surface area contributed by atoms with Gasteiger partial charge in [-0.1, -0.05) is 30.3 Å². The van der Waals surface area contributed by atoms with Gasteiger partial charge in [-0.25, -0.2) is 4.79 Å². The third kappa shape index (κ3) is 3.09. The standard InChI is InChI=1S/C14H17NO3/c16-10-13(12-6-2-1-3-7-12)11-18-14(17)15-8-4-5-9-15/h1-3,6-7,10,13H,4-5,8-9,11H2. The number of ether oxygens (including phenoxy) is 1. The zero-order valence-corrected chi connectivity index (χ0v) is 10.2. The van der Waals surface area contributed by atoms with Gasteiger partial charge in [0, 0.05) is 13.1 Å². The van der Waals surface area contributed by atoms with Gasteiger partial charge >= 0.3 is 6.09 Å². The zero-order chi connectivity index (χ0) is 12.8. The molecule has 1 aliphatic heterocycles. The molecule has 0 saturated carbocycles. The first kappa shape index (κ1) is 12.6. The number of benzene rings is 1. The Morgan fingerprint density at radius 2 is 1.94 bits per heavy atom. The number of amides is 1. The molecule has 1 aromatic rings. The van der Waals surface area contributed by atoms with Gasteiger partial charge in [-0.15, -0.1) is 0 Å². The number of carbonyl (C=O) groups is 2. The minimum Gasteiger partial charge on any atom is -0.448 e. The molecule has 1 fully saturated rings. The third-order valence-corrected chi connectivity index (χ3v) is 3.14. The maximum absolute atomic E-state index is 11.7. The summed E-state index contributed by atoms with van der Waals surface area (Å²) in [5, 5.41) is 0. The Labute approximate surface area is 107 Å². The lowest BCUT2D eigenvalue weighted by Gasteiger charge is -2.17. The average molecular weight is 247 g/mol. The molecule has 1 atom stereocenters. The van der Waals surface area contributed by atoms with Gasteiger partial charge in [0.1, 0.15) is 12.9 Å². The summed E-state index contributed by atoms with van der Waals surface area (Å²) in [6.07, 6.45) is 2.58. The number of rotatable bonds is 4. The smallest absolute Gasteiger partial charge is 0.409 e. The van der Waals surface area contributed by atoms with Crippen LogP contribution in [0.3, 0.4) is 0 Å². The van der Waals surface area contributed by atoms with Gasteiger partial charge in [-0.3, -0.25) is 0 Å². The maximum atomic E-state index is 11.7. The number of likely N-dealkylation sites (tertiary alicyclic amines) is 1. The highest BCUT2D eigenvalue weighted by Crippen LogP contribution is 2.15. The Bertz CT molecular complexity index is 399. The fraction of sp³-hybridized carbons (Fsp3) is 0.429. The topological polar surface area (TPSA) is 46.6 Å². The Balaban J connectivity index is 1.87. The van der Waals surface area contributed by atoms with Gasteiger partial charge in [0.25, 0.3) is 0 Å². The van der Waals surface area contributed by atoms with Crippen molar-refractivity contribution in [2.45, 2.75) is 18.8 Å². The molecule has 18 heavy (non-hydrogen) atoms. The van der Waals surface area contributed by atoms with Crippen LogP contribution in [0.2, 0.25) is 0 Å². The summed E-state index contributed by atoms with van der Waals surface area (Å²) in [5.74, 6) is -0.377. The van der Waals surface area contributed by atoms with Crippen molar-refractivity contribution < 1.29 is 14.3 Å². The quantitative estimate of drug-likeness (QED) is 0.766. The molecule has 0 radical (unpaired) electrons. The van der Waals surface area contributed by atoms with Crippen LogP contribution in [0.4, 0.5) is 4.79 Å². The van der Waals surface area contributed by atoms with Crippen molar-refractivity contribution in [3.63, 3.8) is 0 Å². The van der Waals surface area contributed by atoms with Crippen LogP contribution in [0, 0.1) is 0 Å². The summed E-state index contributed by atoms with van der Waals surface area (Å²) < 4.78 is 5.19. The van der Waals surface area contributed by atoms with E-state index < -0.39 is 0 Å². The van der Waals surface area contributed by atoms with Crippen LogP contribution in [0.1, 0.15) is 24.3 Å². The van der Waals surface area contributed by atoms with E-state index in [1.165, 1.54) is 0 Å². The largest absolute Gasteiger partial charge is 0.448 e. The van der Waals surface area contributed by atoms with E-state index >= 15 is 0 Å². The lowest BCUT2D eigenvalue weighted by atomic mass is 10.0. The van der Waals surface area contributed by atoms with Crippen LogP contribution < -0.4 is 0 Å². The molecule has 1 saturated heterocycles. The zero-order valence-electron chi connectivity index (χ0n) is 10.2. The fourth-order valence-electron chi connectivity index (χ4n) is 2.07.